The van der Waals surface area contributed by atoms with Crippen molar-refractivity contribution >= 4 is 29.2 Å². The number of anilines is 1. The number of nitrogens with one attached hydrogen (secondary N) is 1. The van der Waals surface area contributed by atoms with E-state index in [0.29, 0.717) is 16.3 Å². The fraction of sp³-hybridized carbons (Fsp3) is 0.0909. The quantitative estimate of drug-likeness (QED) is 0.607. The molecule has 0 saturated heterocycles. The third-order valence-electron chi connectivity index (χ3n) is 4.13. The average molecular weight is 396 g/mol. The number of amides is 1. The predicted molar refractivity (Wildman–Crippen MR) is 109 cm³/mol. The van der Waals surface area contributed by atoms with E-state index in [9.17, 15) is 14.7 Å². The van der Waals surface area contributed by atoms with Crippen molar-refractivity contribution < 1.29 is 19.4 Å². The van der Waals surface area contributed by atoms with Crippen LogP contribution in [0.2, 0.25) is 5.02 Å². The number of aromatic hydroxyl groups is 1. The molecule has 0 spiro atoms. The first-order valence-electron chi connectivity index (χ1n) is 8.55. The zero-order valence-corrected chi connectivity index (χ0v) is 15.9. The van der Waals surface area contributed by atoms with Gasteiger partial charge in [0, 0.05) is 10.7 Å². The summed E-state index contributed by atoms with van der Waals surface area (Å²) >= 11 is 5.92. The molecule has 142 valence electrons. The van der Waals surface area contributed by atoms with Crippen molar-refractivity contribution in [1.29, 1.82) is 0 Å². The highest BCUT2D eigenvalue weighted by Crippen LogP contribution is 2.23. The maximum Gasteiger partial charge on any atom is 0.338 e. The molecule has 0 aliphatic heterocycles. The average Bonchev–Trinajstić information content (AvgIpc) is 2.70. The van der Waals surface area contributed by atoms with Crippen LogP contribution in [0, 0.1) is 6.92 Å². The summed E-state index contributed by atoms with van der Waals surface area (Å²) in [4.78, 5) is 24.2. The Hall–Kier alpha value is -3.31. The lowest BCUT2D eigenvalue weighted by atomic mass is 10.0. The third-order valence-corrected chi connectivity index (χ3v) is 4.36. The van der Waals surface area contributed by atoms with Gasteiger partial charge in [-0.25, -0.2) is 4.79 Å². The van der Waals surface area contributed by atoms with E-state index in [4.69, 9.17) is 16.3 Å². The summed E-state index contributed by atoms with van der Waals surface area (Å²) in [5.41, 5.74) is 3.58. The van der Waals surface area contributed by atoms with Crippen molar-refractivity contribution in [1.82, 2.24) is 0 Å². The Kier molecular flexibility index (Phi) is 5.96. The molecule has 0 radical (unpaired) electrons. The summed E-state index contributed by atoms with van der Waals surface area (Å²) in [5, 5.41) is 12.5. The van der Waals surface area contributed by atoms with Gasteiger partial charge in [0.1, 0.15) is 5.75 Å². The molecule has 5 nitrogen and oxygen atoms in total. The van der Waals surface area contributed by atoms with E-state index >= 15 is 0 Å². The maximum absolute atomic E-state index is 12.2. The molecule has 2 N–H and O–H groups in total. The number of carbonyl (C=O) groups is 2. The predicted octanol–water partition coefficient (Wildman–Crippen LogP) is 4.82. The van der Waals surface area contributed by atoms with E-state index in [-0.39, 0.29) is 5.75 Å². The molecule has 3 aromatic carbocycles. The second kappa shape index (κ2) is 8.59. The number of hydrogen-bond donors (Lipinski definition) is 2. The van der Waals surface area contributed by atoms with Gasteiger partial charge in [-0.05, 0) is 60.0 Å². The molecule has 0 atom stereocenters. The highest BCUT2D eigenvalue weighted by atomic mass is 35.5. The van der Waals surface area contributed by atoms with Gasteiger partial charge in [-0.3, -0.25) is 4.79 Å². The number of hydrogen-bond acceptors (Lipinski definition) is 4. The molecule has 28 heavy (non-hydrogen) atoms. The Bertz CT molecular complexity index is 998. The van der Waals surface area contributed by atoms with Gasteiger partial charge < -0.3 is 15.2 Å². The third kappa shape index (κ3) is 4.90. The summed E-state index contributed by atoms with van der Waals surface area (Å²) in [6.07, 6.45) is 0. The molecular weight excluding hydrogens is 378 g/mol. The first-order valence-corrected chi connectivity index (χ1v) is 8.93. The lowest BCUT2D eigenvalue weighted by Crippen LogP contribution is -2.21. The topological polar surface area (TPSA) is 75.6 Å². The molecule has 0 aliphatic rings. The standard InChI is InChI=1S/C22H18ClNO4/c1-14-2-9-18(23)12-20(14)24-21(26)13-28-22(27)17-5-3-15(4-6-17)16-7-10-19(25)11-8-16/h2-12,25H,13H2,1H3,(H,24,26). The number of phenols is 1. The van der Waals surface area contributed by atoms with Crippen molar-refractivity contribution in [2.24, 2.45) is 0 Å². The zero-order chi connectivity index (χ0) is 20.1. The summed E-state index contributed by atoms with van der Waals surface area (Å²) in [5.74, 6) is -0.843. The fourth-order valence-corrected chi connectivity index (χ4v) is 2.75. The second-order valence-corrected chi connectivity index (χ2v) is 6.64. The highest BCUT2D eigenvalue weighted by Gasteiger charge is 2.12. The first-order chi connectivity index (χ1) is 13.4. The van der Waals surface area contributed by atoms with E-state index in [0.717, 1.165) is 16.7 Å². The number of carbonyl (C=O) groups excluding carboxylic acids is 2. The van der Waals surface area contributed by atoms with Crippen LogP contribution in [0.3, 0.4) is 0 Å². The van der Waals surface area contributed by atoms with Gasteiger partial charge in [0.15, 0.2) is 6.61 Å². The van der Waals surface area contributed by atoms with Crippen LogP contribution in [-0.4, -0.2) is 23.6 Å². The van der Waals surface area contributed by atoms with Crippen molar-refractivity contribution in [3.63, 3.8) is 0 Å². The number of aryl methyl sites for hydroxylation is 1. The zero-order valence-electron chi connectivity index (χ0n) is 15.1. The molecule has 0 unspecified atom stereocenters. The van der Waals surface area contributed by atoms with E-state index in [2.05, 4.69) is 5.32 Å². The minimum Gasteiger partial charge on any atom is -0.508 e. The Morgan fingerprint density at radius 1 is 0.964 bits per heavy atom. The normalized spacial score (nSPS) is 10.4. The van der Waals surface area contributed by atoms with Crippen LogP contribution in [0.15, 0.2) is 66.7 Å². The maximum atomic E-state index is 12.2. The number of phenolic OH excluding ortho intramolecular Hbond substituents is 1. The molecule has 0 heterocycles. The summed E-state index contributed by atoms with van der Waals surface area (Å²) in [7, 11) is 0. The number of benzene rings is 3. The number of rotatable bonds is 5. The Morgan fingerprint density at radius 2 is 1.57 bits per heavy atom. The first kappa shape index (κ1) is 19.5. The van der Waals surface area contributed by atoms with Gasteiger partial charge in [-0.2, -0.15) is 0 Å². The van der Waals surface area contributed by atoms with E-state index < -0.39 is 18.5 Å². The Balaban J connectivity index is 1.58. The molecule has 0 bridgehead atoms. The van der Waals surface area contributed by atoms with Crippen molar-refractivity contribution in [3.05, 3.63) is 82.9 Å². The minimum atomic E-state index is -0.588. The molecule has 1 amide bonds. The van der Waals surface area contributed by atoms with Crippen molar-refractivity contribution in [2.75, 3.05) is 11.9 Å². The van der Waals surface area contributed by atoms with Gasteiger partial charge in [0.05, 0.1) is 5.56 Å². The van der Waals surface area contributed by atoms with Crippen LogP contribution in [0.5, 0.6) is 5.75 Å². The summed E-state index contributed by atoms with van der Waals surface area (Å²) < 4.78 is 5.08. The van der Waals surface area contributed by atoms with Gasteiger partial charge in [-0.1, -0.05) is 41.9 Å². The monoisotopic (exact) mass is 395 g/mol. The number of halogens is 1. The summed E-state index contributed by atoms with van der Waals surface area (Å²) in [6, 6.07) is 18.7. The van der Waals surface area contributed by atoms with E-state index in [1.54, 1.807) is 66.7 Å². The van der Waals surface area contributed by atoms with Crippen LogP contribution >= 0.6 is 11.6 Å². The van der Waals surface area contributed by atoms with Gasteiger partial charge in [-0.15, -0.1) is 0 Å². The molecule has 6 heteroatoms. The Labute approximate surface area is 167 Å². The molecule has 0 aromatic heterocycles. The van der Waals surface area contributed by atoms with Crippen LogP contribution in [0.4, 0.5) is 5.69 Å². The van der Waals surface area contributed by atoms with Gasteiger partial charge >= 0.3 is 5.97 Å². The number of esters is 1. The minimum absolute atomic E-state index is 0.190. The lowest BCUT2D eigenvalue weighted by molar-refractivity contribution is -0.119. The van der Waals surface area contributed by atoms with Gasteiger partial charge in [0.25, 0.3) is 5.91 Å². The van der Waals surface area contributed by atoms with Crippen LogP contribution < -0.4 is 5.32 Å². The second-order valence-electron chi connectivity index (χ2n) is 6.21. The molecule has 3 aromatic rings. The largest absolute Gasteiger partial charge is 0.508 e. The smallest absolute Gasteiger partial charge is 0.338 e. The van der Waals surface area contributed by atoms with Crippen molar-refractivity contribution in [3.8, 4) is 16.9 Å². The van der Waals surface area contributed by atoms with Crippen LogP contribution in [-0.2, 0) is 9.53 Å². The SMILES string of the molecule is Cc1ccc(Cl)cc1NC(=O)COC(=O)c1ccc(-c2ccc(O)cc2)cc1. The summed E-state index contributed by atoms with van der Waals surface area (Å²) in [6.45, 7) is 1.44. The van der Waals surface area contributed by atoms with E-state index in [1.807, 2.05) is 6.92 Å². The molecular formula is C22H18ClNO4. The molecule has 0 saturated carbocycles. The van der Waals surface area contributed by atoms with Crippen molar-refractivity contribution in [2.45, 2.75) is 6.92 Å². The highest BCUT2D eigenvalue weighted by molar-refractivity contribution is 6.31. The Morgan fingerprint density at radius 3 is 2.21 bits per heavy atom. The molecule has 3 rings (SSSR count). The molecule has 0 aliphatic carbocycles. The van der Waals surface area contributed by atoms with Crippen LogP contribution in [0.25, 0.3) is 11.1 Å². The number of ether oxygens (including phenoxy) is 1. The fourth-order valence-electron chi connectivity index (χ4n) is 2.58. The van der Waals surface area contributed by atoms with E-state index in [1.165, 1.54) is 0 Å². The molecule has 0 fully saturated rings. The van der Waals surface area contributed by atoms with Crippen LogP contribution in [0.1, 0.15) is 15.9 Å². The lowest BCUT2D eigenvalue weighted by Gasteiger charge is -2.09. The van der Waals surface area contributed by atoms with Gasteiger partial charge in [0.2, 0.25) is 0 Å².